The Labute approximate surface area is 99.8 Å². The quantitative estimate of drug-likeness (QED) is 0.456. The van der Waals surface area contributed by atoms with Crippen LogP contribution in [0.15, 0.2) is 36.9 Å². The predicted octanol–water partition coefficient (Wildman–Crippen LogP) is 2.40. The van der Waals surface area contributed by atoms with Crippen LogP contribution in [0.3, 0.4) is 0 Å². The second-order valence-corrected chi connectivity index (χ2v) is 3.40. The van der Waals surface area contributed by atoms with Crippen molar-refractivity contribution < 1.29 is 19.1 Å². The predicted molar refractivity (Wildman–Crippen MR) is 62.5 cm³/mol. The van der Waals surface area contributed by atoms with Crippen molar-refractivity contribution in [3.63, 3.8) is 0 Å². The van der Waals surface area contributed by atoms with Crippen molar-refractivity contribution in [2.45, 2.75) is 20.0 Å². The normalized spacial score (nSPS) is 11.4. The topological polar surface area (TPSA) is 52.6 Å². The van der Waals surface area contributed by atoms with Crippen molar-refractivity contribution >= 4 is 11.9 Å². The number of hydrogen-bond acceptors (Lipinski definition) is 4. The number of ether oxygens (including phenoxy) is 2. The number of rotatable bonds is 4. The van der Waals surface area contributed by atoms with Crippen LogP contribution < -0.4 is 4.74 Å². The van der Waals surface area contributed by atoms with E-state index in [0.717, 1.165) is 0 Å². The van der Waals surface area contributed by atoms with Crippen LogP contribution >= 0.6 is 0 Å². The zero-order valence-electron chi connectivity index (χ0n) is 9.80. The van der Waals surface area contributed by atoms with E-state index in [9.17, 15) is 9.59 Å². The van der Waals surface area contributed by atoms with E-state index in [4.69, 9.17) is 9.47 Å². The van der Waals surface area contributed by atoms with E-state index >= 15 is 0 Å². The first-order valence-corrected chi connectivity index (χ1v) is 5.11. The molecule has 0 N–H and O–H groups in total. The number of benzene rings is 1. The van der Waals surface area contributed by atoms with Gasteiger partial charge in [-0.15, -0.1) is 0 Å². The van der Waals surface area contributed by atoms with Gasteiger partial charge in [-0.3, -0.25) is 9.59 Å². The van der Waals surface area contributed by atoms with Gasteiger partial charge >= 0.3 is 11.9 Å². The van der Waals surface area contributed by atoms with Crippen LogP contribution in [0.5, 0.6) is 5.75 Å². The summed E-state index contributed by atoms with van der Waals surface area (Å²) in [5.41, 5.74) is 0.591. The molecule has 1 rings (SSSR count). The maximum Gasteiger partial charge on any atom is 0.308 e. The molecule has 0 heterocycles. The fraction of sp³-hybridized carbons (Fsp3) is 0.231. The van der Waals surface area contributed by atoms with Gasteiger partial charge in [0, 0.05) is 19.4 Å². The second kappa shape index (κ2) is 5.84. The van der Waals surface area contributed by atoms with E-state index in [1.807, 2.05) is 0 Å². The summed E-state index contributed by atoms with van der Waals surface area (Å²) < 4.78 is 10.1. The van der Waals surface area contributed by atoms with Crippen LogP contribution in [0.4, 0.5) is 0 Å². The third-order valence-electron chi connectivity index (χ3n) is 1.99. The summed E-state index contributed by atoms with van der Waals surface area (Å²) in [6, 6.07) is 6.85. The number of hydrogen-bond donors (Lipinski definition) is 0. The molecule has 0 aromatic heterocycles. The molecule has 0 spiro atoms. The van der Waals surface area contributed by atoms with Gasteiger partial charge in [-0.2, -0.15) is 0 Å². The maximum absolute atomic E-state index is 10.9. The fourth-order valence-corrected chi connectivity index (χ4v) is 1.38. The van der Waals surface area contributed by atoms with Gasteiger partial charge in [-0.1, -0.05) is 24.8 Å². The number of carbonyl (C=O) groups excluding carboxylic acids is 2. The molecule has 90 valence electrons. The van der Waals surface area contributed by atoms with Crippen LogP contribution in [0, 0.1) is 0 Å². The molecule has 17 heavy (non-hydrogen) atoms. The van der Waals surface area contributed by atoms with Gasteiger partial charge in [-0.25, -0.2) is 0 Å². The molecule has 0 aliphatic heterocycles. The molecule has 0 radical (unpaired) electrons. The molecule has 0 amide bonds. The monoisotopic (exact) mass is 234 g/mol. The number of carbonyl (C=O) groups is 2. The molecule has 0 saturated heterocycles. The van der Waals surface area contributed by atoms with Gasteiger partial charge in [-0.05, 0) is 12.1 Å². The van der Waals surface area contributed by atoms with Crippen molar-refractivity contribution in [1.82, 2.24) is 0 Å². The Morgan fingerprint density at radius 2 is 1.88 bits per heavy atom. The van der Waals surface area contributed by atoms with E-state index in [1.54, 1.807) is 24.3 Å². The molecule has 4 heteroatoms. The molecule has 0 unspecified atom stereocenters. The summed E-state index contributed by atoms with van der Waals surface area (Å²) in [5, 5.41) is 0. The standard InChI is InChI=1S/C13H14O4/c1-4-12(16-9(2)14)11-7-5-6-8-13(11)17-10(3)15/h4-8,12H,1H2,2-3H3/t12-/m1/s1. The molecule has 0 aliphatic carbocycles. The maximum atomic E-state index is 10.9. The summed E-state index contributed by atoms with van der Waals surface area (Å²) in [5.74, 6) is -0.484. The Bertz CT molecular complexity index is 437. The minimum atomic E-state index is -0.622. The van der Waals surface area contributed by atoms with Gasteiger partial charge in [0.05, 0.1) is 0 Å². The lowest BCUT2D eigenvalue weighted by atomic mass is 10.1. The Hall–Kier alpha value is -2.10. The lowest BCUT2D eigenvalue weighted by molar-refractivity contribution is -0.144. The van der Waals surface area contributed by atoms with E-state index in [-0.39, 0.29) is 0 Å². The molecule has 0 aliphatic rings. The summed E-state index contributed by atoms with van der Waals surface area (Å²) >= 11 is 0. The Morgan fingerprint density at radius 1 is 1.24 bits per heavy atom. The summed E-state index contributed by atoms with van der Waals surface area (Å²) in [4.78, 5) is 21.9. The summed E-state index contributed by atoms with van der Waals surface area (Å²) in [6.45, 7) is 6.21. The Morgan fingerprint density at radius 3 is 2.41 bits per heavy atom. The number of para-hydroxylation sites is 1. The first-order chi connectivity index (χ1) is 8.04. The highest BCUT2D eigenvalue weighted by atomic mass is 16.6. The van der Waals surface area contributed by atoms with Crippen LogP contribution in [0.25, 0.3) is 0 Å². The molecule has 1 aromatic rings. The van der Waals surface area contributed by atoms with E-state index in [1.165, 1.54) is 19.9 Å². The van der Waals surface area contributed by atoms with Crippen LogP contribution in [-0.2, 0) is 14.3 Å². The van der Waals surface area contributed by atoms with E-state index in [0.29, 0.717) is 11.3 Å². The first-order valence-electron chi connectivity index (χ1n) is 5.11. The fourth-order valence-electron chi connectivity index (χ4n) is 1.38. The highest BCUT2D eigenvalue weighted by molar-refractivity contribution is 5.70. The molecule has 4 nitrogen and oxygen atoms in total. The molecule has 0 fully saturated rings. The summed E-state index contributed by atoms with van der Waals surface area (Å²) in [7, 11) is 0. The van der Waals surface area contributed by atoms with Gasteiger partial charge in [0.1, 0.15) is 11.9 Å². The van der Waals surface area contributed by atoms with Gasteiger partial charge in [0.15, 0.2) is 0 Å². The van der Waals surface area contributed by atoms with Crippen molar-refractivity contribution in [1.29, 1.82) is 0 Å². The van der Waals surface area contributed by atoms with Gasteiger partial charge in [0.25, 0.3) is 0 Å². The van der Waals surface area contributed by atoms with Crippen molar-refractivity contribution in [2.24, 2.45) is 0 Å². The Balaban J connectivity index is 3.05. The van der Waals surface area contributed by atoms with Gasteiger partial charge < -0.3 is 9.47 Å². The number of esters is 2. The summed E-state index contributed by atoms with van der Waals surface area (Å²) in [6.07, 6.45) is 0.854. The van der Waals surface area contributed by atoms with Crippen LogP contribution in [-0.4, -0.2) is 11.9 Å². The second-order valence-electron chi connectivity index (χ2n) is 3.40. The van der Waals surface area contributed by atoms with Gasteiger partial charge in [0.2, 0.25) is 0 Å². The molecule has 0 bridgehead atoms. The molecule has 1 aromatic carbocycles. The third kappa shape index (κ3) is 3.75. The SMILES string of the molecule is C=C[C@@H](OC(C)=O)c1ccccc1OC(C)=O. The molecular formula is C13H14O4. The molecule has 0 saturated carbocycles. The zero-order chi connectivity index (χ0) is 12.8. The highest BCUT2D eigenvalue weighted by Crippen LogP contribution is 2.28. The minimum Gasteiger partial charge on any atom is -0.453 e. The zero-order valence-corrected chi connectivity index (χ0v) is 9.80. The van der Waals surface area contributed by atoms with Crippen molar-refractivity contribution in [3.05, 3.63) is 42.5 Å². The van der Waals surface area contributed by atoms with E-state index in [2.05, 4.69) is 6.58 Å². The smallest absolute Gasteiger partial charge is 0.308 e. The van der Waals surface area contributed by atoms with E-state index < -0.39 is 18.0 Å². The average molecular weight is 234 g/mol. The third-order valence-corrected chi connectivity index (χ3v) is 1.99. The minimum absolute atomic E-state index is 0.367. The average Bonchev–Trinajstić information content (AvgIpc) is 2.26. The largest absolute Gasteiger partial charge is 0.453 e. The highest BCUT2D eigenvalue weighted by Gasteiger charge is 2.16. The lowest BCUT2D eigenvalue weighted by Gasteiger charge is -2.16. The Kier molecular flexibility index (Phi) is 4.46. The molecular weight excluding hydrogens is 220 g/mol. The van der Waals surface area contributed by atoms with Crippen molar-refractivity contribution in [3.8, 4) is 5.75 Å². The van der Waals surface area contributed by atoms with Crippen LogP contribution in [0.2, 0.25) is 0 Å². The van der Waals surface area contributed by atoms with Crippen LogP contribution in [0.1, 0.15) is 25.5 Å². The van der Waals surface area contributed by atoms with Crippen molar-refractivity contribution in [2.75, 3.05) is 0 Å². The molecule has 1 atom stereocenters. The lowest BCUT2D eigenvalue weighted by Crippen LogP contribution is -2.10. The first kappa shape index (κ1) is 13.0.